The largest absolute Gasteiger partial charge is 0.508 e. The van der Waals surface area contributed by atoms with E-state index in [0.717, 1.165) is 5.69 Å². The van der Waals surface area contributed by atoms with Crippen molar-refractivity contribution in [1.29, 1.82) is 0 Å². The molecule has 2 aromatic heterocycles. The van der Waals surface area contributed by atoms with Crippen LogP contribution in [0.2, 0.25) is 0 Å². The zero-order valence-electron chi connectivity index (χ0n) is 11.5. The van der Waals surface area contributed by atoms with Gasteiger partial charge >= 0.3 is 0 Å². The molecule has 1 amide bonds. The van der Waals surface area contributed by atoms with Crippen LogP contribution >= 0.6 is 11.3 Å². The molecule has 0 saturated carbocycles. The predicted octanol–water partition coefficient (Wildman–Crippen LogP) is 3.84. The molecule has 0 unspecified atom stereocenters. The number of nitrogens with zero attached hydrogens (tertiary/aromatic N) is 1. The molecule has 3 rings (SSSR count). The maximum absolute atomic E-state index is 12.1. The number of amides is 1. The minimum absolute atomic E-state index is 0.170. The van der Waals surface area contributed by atoms with Gasteiger partial charge < -0.3 is 15.7 Å². The van der Waals surface area contributed by atoms with Crippen LogP contribution in [0.1, 0.15) is 9.67 Å². The molecule has 0 saturated heterocycles. The van der Waals surface area contributed by atoms with Crippen molar-refractivity contribution in [2.45, 2.75) is 0 Å². The van der Waals surface area contributed by atoms with Crippen LogP contribution in [0.5, 0.6) is 5.75 Å². The molecular formula is C16H13N3O2S. The zero-order chi connectivity index (χ0) is 15.4. The highest BCUT2D eigenvalue weighted by molar-refractivity contribution is 7.12. The molecule has 3 aromatic rings. The Morgan fingerprint density at radius 2 is 1.91 bits per heavy atom. The summed E-state index contributed by atoms with van der Waals surface area (Å²) in [5.41, 5.74) is 1.36. The van der Waals surface area contributed by atoms with Gasteiger partial charge in [0.05, 0.1) is 10.6 Å². The van der Waals surface area contributed by atoms with E-state index in [1.807, 2.05) is 11.4 Å². The van der Waals surface area contributed by atoms with Crippen molar-refractivity contribution in [3.63, 3.8) is 0 Å². The average molecular weight is 311 g/mol. The van der Waals surface area contributed by atoms with E-state index in [9.17, 15) is 9.90 Å². The van der Waals surface area contributed by atoms with Gasteiger partial charge in [-0.15, -0.1) is 11.3 Å². The first-order valence-corrected chi connectivity index (χ1v) is 7.46. The molecule has 0 atom stereocenters. The maximum atomic E-state index is 12.1. The highest BCUT2D eigenvalue weighted by Crippen LogP contribution is 2.24. The Kier molecular flexibility index (Phi) is 4.02. The number of benzene rings is 1. The number of aromatic hydroxyl groups is 1. The van der Waals surface area contributed by atoms with Crippen LogP contribution in [0.15, 0.2) is 60.1 Å². The number of hydrogen-bond acceptors (Lipinski definition) is 5. The van der Waals surface area contributed by atoms with Crippen molar-refractivity contribution < 1.29 is 9.90 Å². The fourth-order valence-corrected chi connectivity index (χ4v) is 2.50. The molecule has 0 aliphatic heterocycles. The Morgan fingerprint density at radius 3 is 2.64 bits per heavy atom. The van der Waals surface area contributed by atoms with Crippen molar-refractivity contribution >= 4 is 34.4 Å². The number of carbonyl (C=O) groups excluding carboxylic acids is 1. The van der Waals surface area contributed by atoms with E-state index in [4.69, 9.17) is 0 Å². The number of phenols is 1. The van der Waals surface area contributed by atoms with Crippen LogP contribution in [0.3, 0.4) is 0 Å². The van der Waals surface area contributed by atoms with Gasteiger partial charge in [-0.25, -0.2) is 4.98 Å². The second-order valence-corrected chi connectivity index (χ2v) is 5.45. The number of rotatable bonds is 4. The number of carbonyl (C=O) groups is 1. The van der Waals surface area contributed by atoms with E-state index >= 15 is 0 Å². The Morgan fingerprint density at radius 1 is 1.09 bits per heavy atom. The number of phenolic OH excluding ortho intramolecular Hbond substituents is 1. The highest BCUT2D eigenvalue weighted by atomic mass is 32.1. The molecule has 0 bridgehead atoms. The van der Waals surface area contributed by atoms with Crippen molar-refractivity contribution in [2.24, 2.45) is 0 Å². The van der Waals surface area contributed by atoms with Gasteiger partial charge in [0, 0.05) is 11.9 Å². The lowest BCUT2D eigenvalue weighted by Gasteiger charge is -2.11. The van der Waals surface area contributed by atoms with Crippen molar-refractivity contribution in [3.8, 4) is 5.75 Å². The minimum Gasteiger partial charge on any atom is -0.508 e. The molecule has 5 nitrogen and oxygen atoms in total. The van der Waals surface area contributed by atoms with Gasteiger partial charge in [0.2, 0.25) is 0 Å². The first-order chi connectivity index (χ1) is 10.7. The number of thiophene rings is 1. The van der Waals surface area contributed by atoms with Crippen LogP contribution in [-0.4, -0.2) is 16.0 Å². The van der Waals surface area contributed by atoms with Gasteiger partial charge in [0.15, 0.2) is 5.82 Å². The summed E-state index contributed by atoms with van der Waals surface area (Å²) >= 11 is 1.38. The summed E-state index contributed by atoms with van der Waals surface area (Å²) in [4.78, 5) is 17.0. The first kappa shape index (κ1) is 14.1. The van der Waals surface area contributed by atoms with Gasteiger partial charge in [-0.05, 0) is 47.8 Å². The van der Waals surface area contributed by atoms with E-state index < -0.39 is 0 Å². The van der Waals surface area contributed by atoms with E-state index in [2.05, 4.69) is 15.6 Å². The van der Waals surface area contributed by atoms with Gasteiger partial charge in [-0.3, -0.25) is 4.79 Å². The fraction of sp³-hybridized carbons (Fsp3) is 0. The molecule has 0 radical (unpaired) electrons. The number of anilines is 3. The second kappa shape index (κ2) is 6.28. The van der Waals surface area contributed by atoms with Crippen LogP contribution in [-0.2, 0) is 0 Å². The first-order valence-electron chi connectivity index (χ1n) is 6.58. The van der Waals surface area contributed by atoms with Crippen LogP contribution in [0.25, 0.3) is 0 Å². The van der Waals surface area contributed by atoms with E-state index in [-0.39, 0.29) is 11.7 Å². The van der Waals surface area contributed by atoms with Crippen LogP contribution in [0, 0.1) is 0 Å². The Hall–Kier alpha value is -2.86. The molecule has 0 fully saturated rings. The molecular weight excluding hydrogens is 298 g/mol. The summed E-state index contributed by atoms with van der Waals surface area (Å²) in [6, 6.07) is 13.8. The molecule has 3 N–H and O–H groups in total. The second-order valence-electron chi connectivity index (χ2n) is 4.50. The van der Waals surface area contributed by atoms with Crippen molar-refractivity contribution in [2.75, 3.05) is 10.6 Å². The summed E-state index contributed by atoms with van der Waals surface area (Å²) in [5.74, 6) is 0.563. The molecule has 6 heteroatoms. The fourth-order valence-electron chi connectivity index (χ4n) is 1.88. The number of aromatic nitrogens is 1. The lowest BCUT2D eigenvalue weighted by molar-refractivity contribution is 0.103. The van der Waals surface area contributed by atoms with Crippen molar-refractivity contribution in [3.05, 3.63) is 65.0 Å². The smallest absolute Gasteiger partial charge is 0.265 e. The standard InChI is InChI=1S/C16H13N3O2S/c20-12-7-5-11(6-8-12)18-15-13(3-1-9-17-15)19-16(21)14-4-2-10-22-14/h1-10,20H,(H,17,18)(H,19,21). The maximum Gasteiger partial charge on any atom is 0.265 e. The third-order valence-electron chi connectivity index (χ3n) is 2.93. The van der Waals surface area contributed by atoms with Gasteiger partial charge in [0.25, 0.3) is 5.91 Å². The lowest BCUT2D eigenvalue weighted by Crippen LogP contribution is -2.12. The van der Waals surface area contributed by atoms with E-state index in [1.54, 1.807) is 48.7 Å². The quantitative estimate of drug-likeness (QED) is 0.640. The predicted molar refractivity (Wildman–Crippen MR) is 87.9 cm³/mol. The molecule has 1 aromatic carbocycles. The monoisotopic (exact) mass is 311 g/mol. The van der Waals surface area contributed by atoms with Gasteiger partial charge in [-0.1, -0.05) is 6.07 Å². The third kappa shape index (κ3) is 3.24. The lowest BCUT2D eigenvalue weighted by atomic mass is 10.3. The molecule has 2 heterocycles. The van der Waals surface area contributed by atoms with E-state index in [0.29, 0.717) is 16.4 Å². The Labute approximate surface area is 131 Å². The molecule has 110 valence electrons. The molecule has 0 spiro atoms. The summed E-state index contributed by atoms with van der Waals surface area (Å²) in [5, 5.41) is 17.1. The van der Waals surface area contributed by atoms with E-state index in [1.165, 1.54) is 11.3 Å². The van der Waals surface area contributed by atoms with Crippen molar-refractivity contribution in [1.82, 2.24) is 4.98 Å². The topological polar surface area (TPSA) is 74.2 Å². The normalized spacial score (nSPS) is 10.2. The molecule has 0 aliphatic carbocycles. The van der Waals surface area contributed by atoms with Gasteiger partial charge in [-0.2, -0.15) is 0 Å². The number of hydrogen-bond donors (Lipinski definition) is 3. The Bertz CT molecular complexity index is 770. The molecule has 22 heavy (non-hydrogen) atoms. The summed E-state index contributed by atoms with van der Waals surface area (Å²) in [6.07, 6.45) is 1.64. The summed E-state index contributed by atoms with van der Waals surface area (Å²) < 4.78 is 0. The van der Waals surface area contributed by atoms with Crippen LogP contribution < -0.4 is 10.6 Å². The Balaban J connectivity index is 1.80. The summed E-state index contributed by atoms with van der Waals surface area (Å²) in [7, 11) is 0. The zero-order valence-corrected chi connectivity index (χ0v) is 12.3. The SMILES string of the molecule is O=C(Nc1cccnc1Nc1ccc(O)cc1)c1cccs1. The minimum atomic E-state index is -0.170. The molecule has 0 aliphatic rings. The highest BCUT2D eigenvalue weighted by Gasteiger charge is 2.10. The number of pyridine rings is 1. The number of nitrogens with one attached hydrogen (secondary N) is 2. The third-order valence-corrected chi connectivity index (χ3v) is 3.80. The summed E-state index contributed by atoms with van der Waals surface area (Å²) in [6.45, 7) is 0. The average Bonchev–Trinajstić information content (AvgIpc) is 3.06. The van der Waals surface area contributed by atoms with Crippen LogP contribution in [0.4, 0.5) is 17.2 Å². The van der Waals surface area contributed by atoms with Gasteiger partial charge in [0.1, 0.15) is 5.75 Å².